The van der Waals surface area contributed by atoms with Crippen molar-refractivity contribution in [3.8, 4) is 0 Å². The van der Waals surface area contributed by atoms with Gasteiger partial charge < -0.3 is 10.6 Å². The van der Waals surface area contributed by atoms with E-state index < -0.39 is 0 Å². The molecular formula is C14H19N5O. The van der Waals surface area contributed by atoms with Gasteiger partial charge in [0.2, 0.25) is 0 Å². The Labute approximate surface area is 118 Å². The van der Waals surface area contributed by atoms with Gasteiger partial charge in [-0.25, -0.2) is 0 Å². The van der Waals surface area contributed by atoms with Crippen LogP contribution in [-0.2, 0) is 13.5 Å². The van der Waals surface area contributed by atoms with Crippen LogP contribution in [-0.4, -0.2) is 33.8 Å². The first kappa shape index (κ1) is 14.0. The second-order valence-corrected chi connectivity index (χ2v) is 4.45. The van der Waals surface area contributed by atoms with Crippen LogP contribution in [0.25, 0.3) is 0 Å². The number of aromatic nitrogens is 3. The molecule has 0 aliphatic carbocycles. The fourth-order valence-electron chi connectivity index (χ4n) is 1.86. The third kappa shape index (κ3) is 3.81. The van der Waals surface area contributed by atoms with E-state index in [9.17, 15) is 4.79 Å². The Hall–Kier alpha value is -2.37. The summed E-state index contributed by atoms with van der Waals surface area (Å²) in [6.45, 7) is 3.36. The van der Waals surface area contributed by atoms with Gasteiger partial charge in [-0.2, -0.15) is 5.10 Å². The number of carbonyl (C=O) groups is 1. The normalized spacial score (nSPS) is 10.3. The van der Waals surface area contributed by atoms with Crippen LogP contribution in [0.1, 0.15) is 23.1 Å². The lowest BCUT2D eigenvalue weighted by molar-refractivity contribution is 0.0949. The SMILES string of the molecule is CCNc1ccnc(C(=O)NCCc2ccn(C)n2)c1. The number of anilines is 1. The lowest BCUT2D eigenvalue weighted by Gasteiger charge is -2.06. The van der Waals surface area contributed by atoms with Crippen LogP contribution in [0.3, 0.4) is 0 Å². The molecule has 0 spiro atoms. The van der Waals surface area contributed by atoms with E-state index >= 15 is 0 Å². The molecule has 0 aliphatic heterocycles. The Bertz CT molecular complexity index is 578. The standard InChI is InChI=1S/C14H19N5O/c1-3-15-12-5-7-16-13(10-12)14(20)17-8-4-11-6-9-19(2)18-11/h5-7,9-10H,3-4,8H2,1-2H3,(H,15,16)(H,17,20). The Balaban J connectivity index is 1.86. The summed E-state index contributed by atoms with van der Waals surface area (Å²) in [5.74, 6) is -0.166. The van der Waals surface area contributed by atoms with Gasteiger partial charge in [0, 0.05) is 44.6 Å². The molecule has 1 amide bonds. The molecule has 0 radical (unpaired) electrons. The second kappa shape index (κ2) is 6.70. The molecule has 0 atom stereocenters. The molecule has 0 fully saturated rings. The highest BCUT2D eigenvalue weighted by molar-refractivity contribution is 5.93. The molecule has 106 valence electrons. The molecule has 6 heteroatoms. The largest absolute Gasteiger partial charge is 0.385 e. The topological polar surface area (TPSA) is 71.8 Å². The van der Waals surface area contributed by atoms with Gasteiger partial charge >= 0.3 is 0 Å². The minimum atomic E-state index is -0.166. The van der Waals surface area contributed by atoms with Gasteiger partial charge in [-0.1, -0.05) is 0 Å². The number of pyridine rings is 1. The van der Waals surface area contributed by atoms with Gasteiger partial charge in [-0.05, 0) is 25.1 Å². The predicted octanol–water partition coefficient (Wildman–Crippen LogP) is 1.22. The third-order valence-corrected chi connectivity index (χ3v) is 2.81. The van der Waals surface area contributed by atoms with Crippen LogP contribution in [0.2, 0.25) is 0 Å². The first-order valence-corrected chi connectivity index (χ1v) is 6.65. The van der Waals surface area contributed by atoms with E-state index in [0.29, 0.717) is 18.7 Å². The van der Waals surface area contributed by atoms with Crippen LogP contribution in [0.15, 0.2) is 30.6 Å². The molecule has 2 aromatic heterocycles. The summed E-state index contributed by atoms with van der Waals surface area (Å²) in [4.78, 5) is 16.0. The molecule has 0 saturated heterocycles. The van der Waals surface area contributed by atoms with Gasteiger partial charge in [0.1, 0.15) is 5.69 Å². The van der Waals surface area contributed by atoms with E-state index in [1.54, 1.807) is 16.9 Å². The Kier molecular flexibility index (Phi) is 4.70. The Morgan fingerprint density at radius 3 is 2.95 bits per heavy atom. The number of rotatable bonds is 6. The molecule has 0 aliphatic rings. The number of nitrogens with zero attached hydrogens (tertiary/aromatic N) is 3. The smallest absolute Gasteiger partial charge is 0.269 e. The molecular weight excluding hydrogens is 254 g/mol. The molecule has 6 nitrogen and oxygen atoms in total. The zero-order valence-corrected chi connectivity index (χ0v) is 11.8. The number of carbonyl (C=O) groups excluding carboxylic acids is 1. The summed E-state index contributed by atoms with van der Waals surface area (Å²) in [7, 11) is 1.87. The average Bonchev–Trinajstić information content (AvgIpc) is 2.85. The van der Waals surface area contributed by atoms with Crippen molar-refractivity contribution in [2.24, 2.45) is 7.05 Å². The number of hydrogen-bond donors (Lipinski definition) is 2. The highest BCUT2D eigenvalue weighted by atomic mass is 16.1. The fraction of sp³-hybridized carbons (Fsp3) is 0.357. The summed E-state index contributed by atoms with van der Waals surface area (Å²) >= 11 is 0. The molecule has 0 aromatic carbocycles. The second-order valence-electron chi connectivity index (χ2n) is 4.45. The van der Waals surface area contributed by atoms with Crippen molar-refractivity contribution in [1.29, 1.82) is 0 Å². The van der Waals surface area contributed by atoms with Crippen LogP contribution >= 0.6 is 0 Å². The van der Waals surface area contributed by atoms with Crippen molar-refractivity contribution in [2.45, 2.75) is 13.3 Å². The van der Waals surface area contributed by atoms with Crippen LogP contribution in [0.4, 0.5) is 5.69 Å². The quantitative estimate of drug-likeness (QED) is 0.830. The van der Waals surface area contributed by atoms with E-state index in [4.69, 9.17) is 0 Å². The zero-order valence-electron chi connectivity index (χ0n) is 11.8. The highest BCUT2D eigenvalue weighted by Gasteiger charge is 2.07. The third-order valence-electron chi connectivity index (χ3n) is 2.81. The van der Waals surface area contributed by atoms with Crippen molar-refractivity contribution < 1.29 is 4.79 Å². The predicted molar refractivity (Wildman–Crippen MR) is 77.6 cm³/mol. The first-order chi connectivity index (χ1) is 9.69. The lowest BCUT2D eigenvalue weighted by atomic mass is 10.2. The maximum Gasteiger partial charge on any atom is 0.269 e. The molecule has 2 N–H and O–H groups in total. The summed E-state index contributed by atoms with van der Waals surface area (Å²) in [6.07, 6.45) is 4.23. The van der Waals surface area contributed by atoms with Crippen LogP contribution < -0.4 is 10.6 Å². The van der Waals surface area contributed by atoms with E-state index in [1.807, 2.05) is 32.3 Å². The Morgan fingerprint density at radius 2 is 2.25 bits per heavy atom. The van der Waals surface area contributed by atoms with E-state index in [0.717, 1.165) is 17.9 Å². The van der Waals surface area contributed by atoms with Crippen molar-refractivity contribution in [2.75, 3.05) is 18.4 Å². The molecule has 0 unspecified atom stereocenters. The van der Waals surface area contributed by atoms with Gasteiger partial charge in [0.15, 0.2) is 0 Å². The number of aryl methyl sites for hydroxylation is 1. The first-order valence-electron chi connectivity index (χ1n) is 6.65. The summed E-state index contributed by atoms with van der Waals surface area (Å²) < 4.78 is 1.75. The maximum absolute atomic E-state index is 12.0. The lowest BCUT2D eigenvalue weighted by Crippen LogP contribution is -2.26. The van der Waals surface area contributed by atoms with Crippen molar-refractivity contribution >= 4 is 11.6 Å². The highest BCUT2D eigenvalue weighted by Crippen LogP contribution is 2.07. The summed E-state index contributed by atoms with van der Waals surface area (Å²) in [5, 5.41) is 10.3. The van der Waals surface area contributed by atoms with E-state index in [-0.39, 0.29) is 5.91 Å². The molecule has 2 aromatic rings. The minimum absolute atomic E-state index is 0.166. The molecule has 2 rings (SSSR count). The van der Waals surface area contributed by atoms with Gasteiger partial charge in [0.05, 0.1) is 5.69 Å². The number of nitrogens with one attached hydrogen (secondary N) is 2. The minimum Gasteiger partial charge on any atom is -0.385 e. The molecule has 0 saturated carbocycles. The van der Waals surface area contributed by atoms with Crippen molar-refractivity contribution in [3.05, 3.63) is 42.0 Å². The zero-order chi connectivity index (χ0) is 14.4. The van der Waals surface area contributed by atoms with Crippen LogP contribution in [0.5, 0.6) is 0 Å². The fourth-order valence-corrected chi connectivity index (χ4v) is 1.86. The molecule has 2 heterocycles. The number of hydrogen-bond acceptors (Lipinski definition) is 4. The van der Waals surface area contributed by atoms with Crippen molar-refractivity contribution in [1.82, 2.24) is 20.1 Å². The average molecular weight is 273 g/mol. The maximum atomic E-state index is 12.0. The summed E-state index contributed by atoms with van der Waals surface area (Å²) in [6, 6.07) is 5.53. The molecule has 0 bridgehead atoms. The van der Waals surface area contributed by atoms with E-state index in [2.05, 4.69) is 20.7 Å². The number of amides is 1. The molecule has 20 heavy (non-hydrogen) atoms. The monoisotopic (exact) mass is 273 g/mol. The van der Waals surface area contributed by atoms with Gasteiger partial charge in [0.25, 0.3) is 5.91 Å². The van der Waals surface area contributed by atoms with E-state index in [1.165, 1.54) is 0 Å². The van der Waals surface area contributed by atoms with Crippen LogP contribution in [0, 0.1) is 0 Å². The van der Waals surface area contributed by atoms with Gasteiger partial charge in [-0.3, -0.25) is 14.5 Å². The van der Waals surface area contributed by atoms with Crippen molar-refractivity contribution in [3.63, 3.8) is 0 Å². The Morgan fingerprint density at radius 1 is 1.40 bits per heavy atom. The summed E-state index contributed by atoms with van der Waals surface area (Å²) in [5.41, 5.74) is 2.28. The van der Waals surface area contributed by atoms with Gasteiger partial charge in [-0.15, -0.1) is 0 Å².